The maximum absolute atomic E-state index is 5.06. The van der Waals surface area contributed by atoms with Gasteiger partial charge in [0.25, 0.3) is 0 Å². The van der Waals surface area contributed by atoms with Crippen LogP contribution in [-0.2, 0) is 4.18 Å². The number of rotatable bonds is 4. The molecule has 0 aromatic heterocycles. The Morgan fingerprint density at radius 1 is 1.43 bits per heavy atom. The van der Waals surface area contributed by atoms with Gasteiger partial charge in [0.15, 0.2) is 0 Å². The van der Waals surface area contributed by atoms with Gasteiger partial charge >= 0.3 is 0 Å². The minimum Gasteiger partial charge on any atom is -0.301 e. The molecule has 0 amide bonds. The summed E-state index contributed by atoms with van der Waals surface area (Å²) < 4.78 is 4.67. The number of nitrogens with two attached hydrogens (primary N) is 2. The summed E-state index contributed by atoms with van der Waals surface area (Å²) in [5, 5.41) is 9.97. The summed E-state index contributed by atoms with van der Waals surface area (Å²) in [6.07, 6.45) is 0. The van der Waals surface area contributed by atoms with E-state index < -0.39 is 0 Å². The highest BCUT2D eigenvalue weighted by molar-refractivity contribution is 7.97. The van der Waals surface area contributed by atoms with Crippen molar-refractivity contribution < 1.29 is 4.18 Å². The molecule has 0 aliphatic heterocycles. The highest BCUT2D eigenvalue weighted by atomic mass is 32.2. The molecule has 0 aliphatic rings. The van der Waals surface area contributed by atoms with Gasteiger partial charge in [-0.2, -0.15) is 0 Å². The molecule has 5 heteroatoms. The van der Waals surface area contributed by atoms with E-state index in [4.69, 9.17) is 10.3 Å². The SMILES string of the molecule is NSCCOSN. The molecule has 3 nitrogen and oxygen atoms in total. The summed E-state index contributed by atoms with van der Waals surface area (Å²) in [5.41, 5.74) is 0. The van der Waals surface area contributed by atoms with Gasteiger partial charge in [-0.25, -0.2) is 0 Å². The van der Waals surface area contributed by atoms with Crippen molar-refractivity contribution in [3.8, 4) is 0 Å². The van der Waals surface area contributed by atoms with E-state index in [1.807, 2.05) is 0 Å². The van der Waals surface area contributed by atoms with E-state index in [9.17, 15) is 0 Å². The van der Waals surface area contributed by atoms with Crippen LogP contribution in [0.1, 0.15) is 0 Å². The minimum absolute atomic E-state index is 0.613. The van der Waals surface area contributed by atoms with E-state index in [1.165, 1.54) is 11.9 Å². The van der Waals surface area contributed by atoms with Gasteiger partial charge in [-0.15, -0.1) is 0 Å². The summed E-state index contributed by atoms with van der Waals surface area (Å²) in [4.78, 5) is 0. The fourth-order valence-corrected chi connectivity index (χ4v) is 0.595. The van der Waals surface area contributed by atoms with E-state index in [0.29, 0.717) is 6.61 Å². The van der Waals surface area contributed by atoms with Crippen LogP contribution >= 0.6 is 24.2 Å². The van der Waals surface area contributed by atoms with Crippen LogP contribution in [0.15, 0.2) is 0 Å². The van der Waals surface area contributed by atoms with Crippen molar-refractivity contribution in [1.82, 2.24) is 0 Å². The Hall–Kier alpha value is 0.580. The van der Waals surface area contributed by atoms with Crippen LogP contribution in [0.2, 0.25) is 0 Å². The Balaban J connectivity index is 2.45. The van der Waals surface area contributed by atoms with Crippen molar-refractivity contribution in [3.63, 3.8) is 0 Å². The molecule has 0 radical (unpaired) electrons. The number of hydrogen-bond acceptors (Lipinski definition) is 5. The molecule has 0 bridgehead atoms. The zero-order valence-corrected chi connectivity index (χ0v) is 5.43. The van der Waals surface area contributed by atoms with Crippen LogP contribution in [0.3, 0.4) is 0 Å². The molecule has 0 spiro atoms. The molecule has 0 fully saturated rings. The first-order chi connectivity index (χ1) is 3.41. The lowest BCUT2D eigenvalue weighted by Crippen LogP contribution is -1.95. The summed E-state index contributed by atoms with van der Waals surface area (Å²) in [7, 11) is 0. The van der Waals surface area contributed by atoms with Crippen LogP contribution < -0.4 is 10.3 Å². The second kappa shape index (κ2) is 6.58. The lowest BCUT2D eigenvalue weighted by molar-refractivity contribution is 0.406. The molecule has 0 heterocycles. The first-order valence-corrected chi connectivity index (χ1v) is 3.57. The standard InChI is InChI=1S/C2H8N2OS2/c3-6-2-1-5-7-4/h1-4H2. The molecule has 0 rings (SSSR count). The average molecular weight is 140 g/mol. The lowest BCUT2D eigenvalue weighted by atomic mass is 10.9. The van der Waals surface area contributed by atoms with E-state index in [2.05, 4.69) is 4.18 Å². The monoisotopic (exact) mass is 140 g/mol. The molecule has 4 N–H and O–H groups in total. The van der Waals surface area contributed by atoms with Crippen molar-refractivity contribution in [2.75, 3.05) is 12.4 Å². The first-order valence-electron chi connectivity index (χ1n) is 1.72. The van der Waals surface area contributed by atoms with Gasteiger partial charge in [0.2, 0.25) is 0 Å². The lowest BCUT2D eigenvalue weighted by Gasteiger charge is -1.92. The van der Waals surface area contributed by atoms with E-state index in [-0.39, 0.29) is 0 Å². The Morgan fingerprint density at radius 2 is 2.14 bits per heavy atom. The summed E-state index contributed by atoms with van der Waals surface area (Å²) in [6, 6.07) is 0. The van der Waals surface area contributed by atoms with Crippen molar-refractivity contribution >= 4 is 24.2 Å². The summed E-state index contributed by atoms with van der Waals surface area (Å²) in [5.74, 6) is 0.796. The molecule has 0 aromatic carbocycles. The van der Waals surface area contributed by atoms with Crippen LogP contribution in [-0.4, -0.2) is 12.4 Å². The zero-order chi connectivity index (χ0) is 5.54. The molecule has 0 aliphatic carbocycles. The van der Waals surface area contributed by atoms with Crippen molar-refractivity contribution in [3.05, 3.63) is 0 Å². The molecule has 44 valence electrons. The third-order valence-corrected chi connectivity index (χ3v) is 1.06. The van der Waals surface area contributed by atoms with Gasteiger partial charge in [0.05, 0.1) is 18.8 Å². The van der Waals surface area contributed by atoms with E-state index in [1.54, 1.807) is 0 Å². The van der Waals surface area contributed by atoms with Crippen molar-refractivity contribution in [2.24, 2.45) is 10.3 Å². The zero-order valence-electron chi connectivity index (χ0n) is 3.79. The second-order valence-electron chi connectivity index (χ2n) is 0.789. The normalized spacial score (nSPS) is 9.43. The molecule has 0 saturated heterocycles. The van der Waals surface area contributed by atoms with Crippen LogP contribution in [0.4, 0.5) is 0 Å². The van der Waals surface area contributed by atoms with Crippen molar-refractivity contribution in [1.29, 1.82) is 0 Å². The third kappa shape index (κ3) is 6.58. The van der Waals surface area contributed by atoms with Gasteiger partial charge in [-0.1, -0.05) is 11.9 Å². The Morgan fingerprint density at radius 3 is 2.57 bits per heavy atom. The highest BCUT2D eigenvalue weighted by Gasteiger charge is 1.80. The Bertz CT molecular complexity index is 32.9. The second-order valence-corrected chi connectivity index (χ2v) is 1.96. The fourth-order valence-electron chi connectivity index (χ4n) is 0.130. The summed E-state index contributed by atoms with van der Waals surface area (Å²) in [6.45, 7) is 0.613. The topological polar surface area (TPSA) is 61.3 Å². The summed E-state index contributed by atoms with van der Waals surface area (Å²) >= 11 is 2.12. The Kier molecular flexibility index (Phi) is 7.13. The predicted octanol–water partition coefficient (Wildman–Crippen LogP) is 0.132. The van der Waals surface area contributed by atoms with Gasteiger partial charge in [-0.05, 0) is 0 Å². The predicted molar refractivity (Wildman–Crippen MR) is 34.4 cm³/mol. The quantitative estimate of drug-likeness (QED) is 0.330. The molecule has 0 saturated carbocycles. The maximum Gasteiger partial charge on any atom is 0.0758 e. The van der Waals surface area contributed by atoms with Gasteiger partial charge in [0.1, 0.15) is 0 Å². The molecular weight excluding hydrogens is 132 g/mol. The molecule has 0 aromatic rings. The first kappa shape index (κ1) is 7.58. The average Bonchev–Trinajstić information content (AvgIpc) is 1.69. The smallest absolute Gasteiger partial charge is 0.0758 e. The number of hydrogen-bond donors (Lipinski definition) is 2. The molecule has 0 atom stereocenters. The van der Waals surface area contributed by atoms with E-state index >= 15 is 0 Å². The third-order valence-electron chi connectivity index (χ3n) is 0.353. The molecule has 0 unspecified atom stereocenters. The van der Waals surface area contributed by atoms with Crippen molar-refractivity contribution in [2.45, 2.75) is 0 Å². The van der Waals surface area contributed by atoms with Gasteiger partial charge in [-0.3, -0.25) is 10.3 Å². The molecule has 7 heavy (non-hydrogen) atoms. The van der Waals surface area contributed by atoms with E-state index in [0.717, 1.165) is 18.0 Å². The van der Waals surface area contributed by atoms with Crippen LogP contribution in [0.25, 0.3) is 0 Å². The Labute approximate surface area is 51.6 Å². The van der Waals surface area contributed by atoms with Crippen LogP contribution in [0, 0.1) is 0 Å². The van der Waals surface area contributed by atoms with Gasteiger partial charge < -0.3 is 4.18 Å². The fraction of sp³-hybridized carbons (Fsp3) is 1.00. The van der Waals surface area contributed by atoms with Crippen LogP contribution in [0.5, 0.6) is 0 Å². The minimum atomic E-state index is 0.613. The largest absolute Gasteiger partial charge is 0.301 e. The molecular formula is C2H8N2OS2. The van der Waals surface area contributed by atoms with Gasteiger partial charge in [0, 0.05) is 5.75 Å². The maximum atomic E-state index is 5.06. The highest BCUT2D eigenvalue weighted by Crippen LogP contribution is 1.91.